The molecule has 0 fully saturated rings. The Balaban J connectivity index is 0.725. The summed E-state index contributed by atoms with van der Waals surface area (Å²) in [6.45, 7) is 0. The van der Waals surface area contributed by atoms with Crippen LogP contribution in [0.5, 0.6) is 0 Å². The quantitative estimate of drug-likeness (QED) is 0.121. The van der Waals surface area contributed by atoms with E-state index < -0.39 is 0 Å². The molecule has 0 saturated carbocycles. The fourth-order valence-electron chi connectivity index (χ4n) is 15.2. The van der Waals surface area contributed by atoms with Crippen molar-refractivity contribution in [1.29, 1.82) is 0 Å². The molecule has 20 rings (SSSR count). The first kappa shape index (κ1) is 57.5. The molecule has 0 N–H and O–H groups in total. The van der Waals surface area contributed by atoms with E-state index >= 15 is 4.79 Å². The van der Waals surface area contributed by atoms with Crippen LogP contribution in [0.3, 0.4) is 0 Å². The van der Waals surface area contributed by atoms with Crippen LogP contribution in [-0.4, -0.2) is 18.8 Å². The van der Waals surface area contributed by atoms with Crippen molar-refractivity contribution >= 4 is 98.6 Å². The standard InChI is InChI=1S/C92H54N4O2S2/c97-91-70-29-17-16-28-69(70)75-47-65(48-77-73-45-63(35-38-83(73)95(91)89(75)77)66-51-79(56-18-6-1-7-19-56)93-80(52-66)57-20-8-2-9-21-57)67-53-81(58-22-10-3-11-23-58)94-82(54-67)59-32-30-55(31-33-59)62-34-37-71-72(44-62)76-49-68(88-43-41-86(100-88)61-26-14-5-15-27-61)50-78-74-46-64(36-39-84(74)96(90(76)78)92(71)98)87-42-40-85(99-87)60-24-12-4-13-25-60/h1-54H. The first-order valence-corrected chi connectivity index (χ1v) is 35.2. The molecule has 0 atom stereocenters. The summed E-state index contributed by atoms with van der Waals surface area (Å²) in [5, 5.41) is 9.25. The molecule has 0 bridgehead atoms. The summed E-state index contributed by atoms with van der Waals surface area (Å²) in [6.07, 6.45) is 0. The lowest BCUT2D eigenvalue weighted by molar-refractivity contribution is 1.21. The molecule has 0 spiro atoms. The minimum Gasteiger partial charge on any atom is -0.275 e. The average Bonchev–Trinajstić information content (AvgIpc) is 1.54. The van der Waals surface area contributed by atoms with Gasteiger partial charge in [0, 0.05) is 84.9 Å². The van der Waals surface area contributed by atoms with E-state index in [2.05, 4.69) is 285 Å². The van der Waals surface area contributed by atoms with Gasteiger partial charge < -0.3 is 0 Å². The Morgan fingerprint density at radius 3 is 1.00 bits per heavy atom. The monoisotopic (exact) mass is 1310 g/mol. The Bertz CT molecular complexity index is 6730. The van der Waals surface area contributed by atoms with E-state index in [0.717, 1.165) is 160 Å². The van der Waals surface area contributed by atoms with Gasteiger partial charge in [-0.3, -0.25) is 18.4 Å². The minimum absolute atomic E-state index is 0.0353. The first-order chi connectivity index (χ1) is 49.3. The highest BCUT2D eigenvalue weighted by atomic mass is 32.1. The van der Waals surface area contributed by atoms with Crippen molar-refractivity contribution in [3.05, 3.63) is 348 Å². The lowest BCUT2D eigenvalue weighted by atomic mass is 9.94. The molecule has 0 amide bonds. The van der Waals surface area contributed by atoms with E-state index in [1.807, 2.05) is 51.3 Å². The molecule has 8 heterocycles. The maximum atomic E-state index is 15.3. The van der Waals surface area contributed by atoms with Crippen molar-refractivity contribution in [2.24, 2.45) is 0 Å². The third-order valence-corrected chi connectivity index (χ3v) is 22.4. The van der Waals surface area contributed by atoms with Crippen LogP contribution in [0.2, 0.25) is 0 Å². The Kier molecular flexibility index (Phi) is 13.2. The molecule has 0 aliphatic rings. The lowest BCUT2D eigenvalue weighted by Gasteiger charge is -2.13. The molecule has 6 nitrogen and oxygen atoms in total. The van der Waals surface area contributed by atoms with Gasteiger partial charge in [0.05, 0.1) is 44.8 Å². The molecule has 8 aromatic heterocycles. The summed E-state index contributed by atoms with van der Waals surface area (Å²) < 4.78 is 3.88. The van der Waals surface area contributed by atoms with Crippen LogP contribution < -0.4 is 11.1 Å². The van der Waals surface area contributed by atoms with Gasteiger partial charge in [-0.05, 0) is 182 Å². The largest absolute Gasteiger partial charge is 0.275 e. The summed E-state index contributed by atoms with van der Waals surface area (Å²) in [4.78, 5) is 45.6. The van der Waals surface area contributed by atoms with E-state index in [4.69, 9.17) is 9.97 Å². The number of aromatic nitrogens is 4. The first-order valence-electron chi connectivity index (χ1n) is 33.6. The molecule has 20 aromatic rings. The topological polar surface area (TPSA) is 68.7 Å². The Morgan fingerprint density at radius 1 is 0.200 bits per heavy atom. The SMILES string of the molecule is O=c1c2ccccc2c2cc(-c3cc(-c4ccccc4)nc(-c4ccc(-c5ccc6c(=O)n7c8ccc(-c9ccc(-c%10ccccc%10)s9)cc8c8cc(-c9ccc(-c%10ccccc%10)s9)cc(c6c5)c87)cc4)c3)cc3c4cc(-c5cc(-c6ccccc6)nc(-c6ccccc6)c5)ccc4n1c23. The molecule has 12 aromatic carbocycles. The predicted octanol–water partition coefficient (Wildman–Crippen LogP) is 24.0. The van der Waals surface area contributed by atoms with Crippen LogP contribution in [0.1, 0.15) is 0 Å². The van der Waals surface area contributed by atoms with Crippen molar-refractivity contribution < 1.29 is 0 Å². The molecule has 0 unspecified atom stereocenters. The molecule has 8 heteroatoms. The highest BCUT2D eigenvalue weighted by molar-refractivity contribution is 7.19. The van der Waals surface area contributed by atoms with E-state index in [0.29, 0.717) is 10.8 Å². The second-order valence-electron chi connectivity index (χ2n) is 25.9. The smallest absolute Gasteiger partial charge is 0.263 e. The molecular weight excluding hydrogens is 1260 g/mol. The zero-order valence-electron chi connectivity index (χ0n) is 53.6. The van der Waals surface area contributed by atoms with Crippen molar-refractivity contribution in [2.45, 2.75) is 0 Å². The van der Waals surface area contributed by atoms with Crippen LogP contribution in [0.15, 0.2) is 337 Å². The van der Waals surface area contributed by atoms with Crippen molar-refractivity contribution in [3.63, 3.8) is 0 Å². The molecule has 100 heavy (non-hydrogen) atoms. The van der Waals surface area contributed by atoms with Gasteiger partial charge in [-0.2, -0.15) is 0 Å². The summed E-state index contributed by atoms with van der Waals surface area (Å²) in [7, 11) is 0. The zero-order chi connectivity index (χ0) is 66.1. The summed E-state index contributed by atoms with van der Waals surface area (Å²) >= 11 is 3.57. The zero-order valence-corrected chi connectivity index (χ0v) is 55.2. The maximum absolute atomic E-state index is 15.3. The van der Waals surface area contributed by atoms with Gasteiger partial charge in [0.25, 0.3) is 11.1 Å². The number of nitrogens with zero attached hydrogens (tertiary/aromatic N) is 4. The van der Waals surface area contributed by atoms with Crippen LogP contribution in [0.4, 0.5) is 0 Å². The predicted molar refractivity (Wildman–Crippen MR) is 419 cm³/mol. The number of hydrogen-bond donors (Lipinski definition) is 0. The summed E-state index contributed by atoms with van der Waals surface area (Å²) in [6, 6.07) is 115. The number of pyridine rings is 4. The van der Waals surface area contributed by atoms with Crippen LogP contribution in [0.25, 0.3) is 196 Å². The third-order valence-electron chi connectivity index (χ3n) is 20.1. The number of fused-ring (bicyclic) bond motifs is 10. The second kappa shape index (κ2) is 23.0. The molecule has 0 aliphatic carbocycles. The number of benzene rings is 12. The summed E-state index contributed by atoms with van der Waals surface area (Å²) in [5.41, 5.74) is 21.6. The van der Waals surface area contributed by atoms with E-state index in [9.17, 15) is 4.79 Å². The van der Waals surface area contributed by atoms with E-state index in [1.165, 1.54) is 25.8 Å². The fraction of sp³-hybridized carbons (Fsp3) is 0. The normalized spacial score (nSPS) is 11.9. The van der Waals surface area contributed by atoms with Gasteiger partial charge in [-0.1, -0.05) is 212 Å². The van der Waals surface area contributed by atoms with Crippen molar-refractivity contribution in [3.8, 4) is 120 Å². The fourth-order valence-corrected chi connectivity index (χ4v) is 17.2. The Morgan fingerprint density at radius 2 is 0.500 bits per heavy atom. The highest BCUT2D eigenvalue weighted by Crippen LogP contribution is 2.46. The molecule has 0 saturated heterocycles. The van der Waals surface area contributed by atoms with Gasteiger partial charge in [-0.15, -0.1) is 22.7 Å². The number of rotatable bonds is 11. The van der Waals surface area contributed by atoms with Crippen LogP contribution in [-0.2, 0) is 0 Å². The molecular formula is C92H54N4O2S2. The number of hydrogen-bond acceptors (Lipinski definition) is 6. The lowest BCUT2D eigenvalue weighted by Crippen LogP contribution is -2.13. The average molecular weight is 1310 g/mol. The van der Waals surface area contributed by atoms with Gasteiger partial charge >= 0.3 is 0 Å². The highest BCUT2D eigenvalue weighted by Gasteiger charge is 2.24. The molecule has 466 valence electrons. The Labute approximate surface area is 581 Å². The molecule has 0 aliphatic heterocycles. The van der Waals surface area contributed by atoms with Crippen LogP contribution >= 0.6 is 22.7 Å². The van der Waals surface area contributed by atoms with Gasteiger partial charge in [0.1, 0.15) is 0 Å². The van der Waals surface area contributed by atoms with Crippen molar-refractivity contribution in [2.75, 3.05) is 0 Å². The van der Waals surface area contributed by atoms with Crippen LogP contribution in [0, 0.1) is 0 Å². The number of thiophene rings is 2. The van der Waals surface area contributed by atoms with Crippen molar-refractivity contribution in [1.82, 2.24) is 18.8 Å². The summed E-state index contributed by atoms with van der Waals surface area (Å²) in [5.74, 6) is 0. The maximum Gasteiger partial charge on any atom is 0.263 e. The second-order valence-corrected chi connectivity index (χ2v) is 28.0. The molecule has 0 radical (unpaired) electrons. The van der Waals surface area contributed by atoms with E-state index in [1.54, 1.807) is 22.7 Å². The Hall–Kier alpha value is -12.7. The van der Waals surface area contributed by atoms with E-state index in [-0.39, 0.29) is 11.1 Å². The van der Waals surface area contributed by atoms with Gasteiger partial charge in [0.2, 0.25) is 0 Å². The van der Waals surface area contributed by atoms with Gasteiger partial charge in [0.15, 0.2) is 0 Å². The minimum atomic E-state index is -0.0423. The van der Waals surface area contributed by atoms with Gasteiger partial charge in [-0.25, -0.2) is 9.97 Å². The third kappa shape index (κ3) is 9.44.